The number of hydrogen-bond acceptors (Lipinski definition) is 5. The molecule has 0 fully saturated rings. The molecule has 1 N–H and O–H groups in total. The summed E-state index contributed by atoms with van der Waals surface area (Å²) in [6.45, 7) is 2.40. The van der Waals surface area contributed by atoms with Crippen LogP contribution in [0.3, 0.4) is 0 Å². The fraction of sp³-hybridized carbons (Fsp3) is 0.167. The number of aryl methyl sites for hydroxylation is 1. The molecule has 0 saturated carbocycles. The summed E-state index contributed by atoms with van der Waals surface area (Å²) in [6, 6.07) is 7.75. The lowest BCUT2D eigenvalue weighted by Crippen LogP contribution is -2.06. The van der Waals surface area contributed by atoms with Crippen LogP contribution in [0.2, 0.25) is 5.28 Å². The molecule has 0 unspecified atom stereocenters. The maximum atomic E-state index is 10.9. The van der Waals surface area contributed by atoms with Gasteiger partial charge in [0.2, 0.25) is 11.1 Å². The third kappa shape index (κ3) is 3.17. The minimum absolute atomic E-state index is 0.0297. The highest BCUT2D eigenvalue weighted by molar-refractivity contribution is 6.28. The molecule has 7 heteroatoms. The normalized spacial score (nSPS) is 10.2. The van der Waals surface area contributed by atoms with E-state index in [1.165, 1.54) is 0 Å². The lowest BCUT2D eigenvalue weighted by molar-refractivity contribution is -0.384. The Balaban J connectivity index is 2.22. The van der Waals surface area contributed by atoms with Crippen LogP contribution in [0.4, 0.5) is 11.5 Å². The molecule has 0 bridgehead atoms. The lowest BCUT2D eigenvalue weighted by atomic mass is 10.1. The van der Waals surface area contributed by atoms with Crippen molar-refractivity contribution in [2.75, 3.05) is 5.32 Å². The third-order valence-corrected chi connectivity index (χ3v) is 2.83. The average molecular weight is 279 g/mol. The van der Waals surface area contributed by atoms with E-state index < -0.39 is 4.92 Å². The van der Waals surface area contributed by atoms with Crippen molar-refractivity contribution in [3.8, 4) is 0 Å². The van der Waals surface area contributed by atoms with Crippen molar-refractivity contribution in [3.63, 3.8) is 0 Å². The molecule has 98 valence electrons. The molecule has 1 aromatic carbocycles. The Morgan fingerprint density at radius 1 is 1.42 bits per heavy atom. The van der Waals surface area contributed by atoms with Crippen LogP contribution in [0.1, 0.15) is 11.1 Å². The summed E-state index contributed by atoms with van der Waals surface area (Å²) >= 11 is 5.65. The summed E-state index contributed by atoms with van der Waals surface area (Å²) in [5, 5.41) is 13.7. The van der Waals surface area contributed by atoms with Crippen molar-refractivity contribution >= 4 is 23.1 Å². The largest absolute Gasteiger partial charge is 0.360 e. The van der Waals surface area contributed by atoms with E-state index >= 15 is 0 Å². The molecule has 0 saturated heterocycles. The first kappa shape index (κ1) is 13.2. The van der Waals surface area contributed by atoms with Gasteiger partial charge in [-0.2, -0.15) is 4.98 Å². The van der Waals surface area contributed by atoms with Crippen LogP contribution >= 0.6 is 11.6 Å². The molecule has 1 aromatic heterocycles. The van der Waals surface area contributed by atoms with E-state index in [2.05, 4.69) is 15.3 Å². The molecule has 0 aliphatic rings. The van der Waals surface area contributed by atoms with Crippen LogP contribution in [0.25, 0.3) is 0 Å². The maximum Gasteiger partial charge on any atom is 0.329 e. The molecule has 0 radical (unpaired) electrons. The van der Waals surface area contributed by atoms with Gasteiger partial charge in [0.15, 0.2) is 0 Å². The molecule has 2 aromatic rings. The number of nitrogens with one attached hydrogen (secondary N) is 1. The summed E-state index contributed by atoms with van der Waals surface area (Å²) in [6.07, 6.45) is 1.09. The average Bonchev–Trinajstić information content (AvgIpc) is 2.37. The Hall–Kier alpha value is -2.21. The highest BCUT2D eigenvalue weighted by Crippen LogP contribution is 2.22. The van der Waals surface area contributed by atoms with E-state index in [1.807, 2.05) is 31.2 Å². The van der Waals surface area contributed by atoms with Gasteiger partial charge in [0.1, 0.15) is 6.20 Å². The molecule has 0 aliphatic heterocycles. The predicted molar refractivity (Wildman–Crippen MR) is 72.2 cm³/mol. The monoisotopic (exact) mass is 278 g/mol. The predicted octanol–water partition coefficient (Wildman–Crippen LogP) is 2.96. The Morgan fingerprint density at radius 3 is 2.84 bits per heavy atom. The lowest BCUT2D eigenvalue weighted by Gasteiger charge is -2.08. The van der Waals surface area contributed by atoms with Crippen LogP contribution in [0.5, 0.6) is 0 Å². The molecular formula is C12H11ClN4O2. The number of aromatic nitrogens is 2. The van der Waals surface area contributed by atoms with Gasteiger partial charge in [-0.05, 0) is 29.7 Å². The number of nitrogens with zero attached hydrogens (tertiary/aromatic N) is 3. The molecule has 0 spiro atoms. The number of halogens is 1. The van der Waals surface area contributed by atoms with Gasteiger partial charge in [-0.25, -0.2) is 4.98 Å². The van der Waals surface area contributed by atoms with Crippen LogP contribution in [0, 0.1) is 17.0 Å². The number of hydrogen-bond donors (Lipinski definition) is 1. The smallest absolute Gasteiger partial charge is 0.329 e. The van der Waals surface area contributed by atoms with Crippen molar-refractivity contribution in [1.29, 1.82) is 0 Å². The number of anilines is 1. The van der Waals surface area contributed by atoms with Crippen LogP contribution in [0.15, 0.2) is 30.5 Å². The number of benzene rings is 1. The Kier molecular flexibility index (Phi) is 3.91. The quantitative estimate of drug-likeness (QED) is 0.528. The van der Waals surface area contributed by atoms with E-state index in [0.717, 1.165) is 17.3 Å². The maximum absolute atomic E-state index is 10.9. The van der Waals surface area contributed by atoms with Crippen molar-refractivity contribution < 1.29 is 4.92 Å². The molecular weight excluding hydrogens is 268 g/mol. The fourth-order valence-electron chi connectivity index (χ4n) is 1.61. The molecule has 6 nitrogen and oxygen atoms in total. The van der Waals surface area contributed by atoms with E-state index in [4.69, 9.17) is 11.6 Å². The SMILES string of the molecule is Cc1ccccc1CNc1nc(Cl)ncc1[N+](=O)[O-]. The topological polar surface area (TPSA) is 81.0 Å². The minimum Gasteiger partial charge on any atom is -0.360 e. The van der Waals surface area contributed by atoms with E-state index in [0.29, 0.717) is 6.54 Å². The van der Waals surface area contributed by atoms with Gasteiger partial charge < -0.3 is 5.32 Å². The van der Waals surface area contributed by atoms with E-state index in [-0.39, 0.29) is 16.8 Å². The second-order valence-corrected chi connectivity index (χ2v) is 4.25. The summed E-state index contributed by atoms with van der Waals surface area (Å²) < 4.78 is 0. The zero-order valence-corrected chi connectivity index (χ0v) is 10.9. The van der Waals surface area contributed by atoms with Gasteiger partial charge in [0, 0.05) is 6.54 Å². The van der Waals surface area contributed by atoms with Gasteiger partial charge in [-0.3, -0.25) is 10.1 Å². The van der Waals surface area contributed by atoms with Gasteiger partial charge >= 0.3 is 5.69 Å². The second kappa shape index (κ2) is 5.62. The standard InChI is InChI=1S/C12H11ClN4O2/c1-8-4-2-3-5-9(8)6-14-11-10(17(18)19)7-15-12(13)16-11/h2-5,7H,6H2,1H3,(H,14,15,16). The van der Waals surface area contributed by atoms with Crippen LogP contribution in [-0.4, -0.2) is 14.9 Å². The summed E-state index contributed by atoms with van der Waals surface area (Å²) in [7, 11) is 0. The summed E-state index contributed by atoms with van der Waals surface area (Å²) in [5.74, 6) is 0.119. The zero-order valence-electron chi connectivity index (χ0n) is 10.1. The van der Waals surface area contributed by atoms with E-state index in [9.17, 15) is 10.1 Å². The van der Waals surface area contributed by atoms with Crippen LogP contribution in [-0.2, 0) is 6.54 Å². The first-order valence-electron chi connectivity index (χ1n) is 5.53. The second-order valence-electron chi connectivity index (χ2n) is 3.91. The van der Waals surface area contributed by atoms with Crippen molar-refractivity contribution in [2.45, 2.75) is 13.5 Å². The fourth-order valence-corrected chi connectivity index (χ4v) is 1.74. The van der Waals surface area contributed by atoms with Crippen molar-refractivity contribution in [3.05, 3.63) is 57.0 Å². The molecule has 0 atom stereocenters. The Bertz CT molecular complexity index is 618. The zero-order chi connectivity index (χ0) is 13.8. The number of rotatable bonds is 4. The van der Waals surface area contributed by atoms with Gasteiger partial charge in [-0.15, -0.1) is 0 Å². The van der Waals surface area contributed by atoms with Crippen LogP contribution < -0.4 is 5.32 Å². The molecule has 19 heavy (non-hydrogen) atoms. The Morgan fingerprint density at radius 2 is 2.16 bits per heavy atom. The van der Waals surface area contributed by atoms with Gasteiger partial charge in [0.05, 0.1) is 4.92 Å². The summed E-state index contributed by atoms with van der Waals surface area (Å²) in [5.41, 5.74) is 1.93. The summed E-state index contributed by atoms with van der Waals surface area (Å²) in [4.78, 5) is 17.8. The van der Waals surface area contributed by atoms with Crippen molar-refractivity contribution in [2.24, 2.45) is 0 Å². The molecule has 0 aliphatic carbocycles. The third-order valence-electron chi connectivity index (χ3n) is 2.64. The minimum atomic E-state index is -0.545. The first-order chi connectivity index (χ1) is 9.08. The number of nitro groups is 1. The first-order valence-corrected chi connectivity index (χ1v) is 5.91. The highest BCUT2D eigenvalue weighted by Gasteiger charge is 2.16. The molecule has 1 heterocycles. The molecule has 2 rings (SSSR count). The van der Waals surface area contributed by atoms with E-state index in [1.54, 1.807) is 0 Å². The van der Waals surface area contributed by atoms with Gasteiger partial charge in [0.25, 0.3) is 0 Å². The van der Waals surface area contributed by atoms with Gasteiger partial charge in [-0.1, -0.05) is 24.3 Å². The molecule has 0 amide bonds. The highest BCUT2D eigenvalue weighted by atomic mass is 35.5. The Labute approximate surface area is 114 Å². The van der Waals surface area contributed by atoms with Crippen molar-refractivity contribution in [1.82, 2.24) is 9.97 Å².